The molecule has 0 heterocycles. The van der Waals surface area contributed by atoms with Crippen LogP contribution in [0.15, 0.2) is 0 Å². The maximum atomic E-state index is 5.22. The molecule has 1 unspecified atom stereocenters. The van der Waals surface area contributed by atoms with Crippen LogP contribution in [-0.4, -0.2) is 26.1 Å². The van der Waals surface area contributed by atoms with E-state index in [1.165, 1.54) is 0 Å². The van der Waals surface area contributed by atoms with Gasteiger partial charge in [-0.05, 0) is 13.3 Å². The summed E-state index contributed by atoms with van der Waals surface area (Å²) in [6.07, 6.45) is 0.839. The van der Waals surface area contributed by atoms with Crippen molar-refractivity contribution < 1.29 is 14.3 Å². The van der Waals surface area contributed by atoms with Crippen LogP contribution in [-0.2, 0) is 14.3 Å². The molecule has 0 bridgehead atoms. The first-order valence-corrected chi connectivity index (χ1v) is 3.86. The number of rotatable bonds is 7. The van der Waals surface area contributed by atoms with E-state index in [2.05, 4.69) is 11.8 Å². The van der Waals surface area contributed by atoms with Crippen LogP contribution in [0.5, 0.6) is 0 Å². The molecule has 0 aliphatic carbocycles. The lowest BCUT2D eigenvalue weighted by molar-refractivity contribution is -0.139. The fourth-order valence-corrected chi connectivity index (χ4v) is 0.594. The van der Waals surface area contributed by atoms with Crippen molar-refractivity contribution >= 4 is 0 Å². The molecular formula is C7H17NO3. The third-order valence-corrected chi connectivity index (χ3v) is 1.11. The normalized spacial score (nSPS) is 13.4. The fraction of sp³-hybridized carbons (Fsp3) is 1.00. The lowest BCUT2D eigenvalue weighted by Crippen LogP contribution is -2.17. The van der Waals surface area contributed by atoms with E-state index >= 15 is 0 Å². The Labute approximate surface area is 67.6 Å². The van der Waals surface area contributed by atoms with Crippen molar-refractivity contribution in [3.05, 3.63) is 0 Å². The van der Waals surface area contributed by atoms with E-state index in [0.717, 1.165) is 13.0 Å². The van der Waals surface area contributed by atoms with Gasteiger partial charge in [0.15, 0.2) is 6.29 Å². The van der Waals surface area contributed by atoms with Crippen LogP contribution in [0.2, 0.25) is 0 Å². The third kappa shape index (κ3) is 7.74. The molecule has 0 radical (unpaired) electrons. The Hall–Kier alpha value is -0.160. The van der Waals surface area contributed by atoms with E-state index in [9.17, 15) is 0 Å². The summed E-state index contributed by atoms with van der Waals surface area (Å²) in [5.74, 6) is 4.79. The van der Waals surface area contributed by atoms with E-state index < -0.39 is 0 Å². The van der Waals surface area contributed by atoms with Gasteiger partial charge in [-0.15, -0.1) is 0 Å². The third-order valence-electron chi connectivity index (χ3n) is 1.11. The molecule has 0 fully saturated rings. The van der Waals surface area contributed by atoms with Gasteiger partial charge in [-0.3, -0.25) is 0 Å². The average Bonchev–Trinajstić information content (AvgIpc) is 2.01. The van der Waals surface area contributed by atoms with Gasteiger partial charge >= 0.3 is 0 Å². The first kappa shape index (κ1) is 10.8. The van der Waals surface area contributed by atoms with E-state index in [0.29, 0.717) is 13.2 Å². The molecule has 0 rings (SSSR count). The summed E-state index contributed by atoms with van der Waals surface area (Å²) in [6.45, 7) is 5.51. The molecule has 0 aliphatic rings. The van der Waals surface area contributed by atoms with Gasteiger partial charge in [0.05, 0.1) is 13.2 Å². The maximum Gasteiger partial charge on any atom is 0.154 e. The molecule has 2 N–H and O–H groups in total. The zero-order valence-electron chi connectivity index (χ0n) is 7.21. The van der Waals surface area contributed by atoms with Crippen LogP contribution in [0, 0.1) is 0 Å². The molecule has 4 nitrogen and oxygen atoms in total. The Morgan fingerprint density at radius 1 is 1.18 bits per heavy atom. The highest BCUT2D eigenvalue weighted by Gasteiger charge is 1.99. The highest BCUT2D eigenvalue weighted by Crippen LogP contribution is 1.93. The summed E-state index contributed by atoms with van der Waals surface area (Å²) >= 11 is 0. The monoisotopic (exact) mass is 163 g/mol. The summed E-state index contributed by atoms with van der Waals surface area (Å²) in [6, 6.07) is 0. The molecule has 0 saturated carbocycles. The van der Waals surface area contributed by atoms with Gasteiger partial charge in [0.1, 0.15) is 0 Å². The van der Waals surface area contributed by atoms with Crippen molar-refractivity contribution in [3.8, 4) is 0 Å². The number of hydrogen-bond acceptors (Lipinski definition) is 4. The van der Waals surface area contributed by atoms with Crippen LogP contribution in [0.3, 0.4) is 0 Å². The standard InChI is InChI=1S/C7H17NO3/c1-3-4-9-7(2)10-5-6-11-8/h7H,3-6,8H2,1-2H3. The van der Waals surface area contributed by atoms with Crippen molar-refractivity contribution in [2.75, 3.05) is 19.8 Å². The van der Waals surface area contributed by atoms with Crippen molar-refractivity contribution in [2.24, 2.45) is 5.90 Å². The highest BCUT2D eigenvalue weighted by molar-refractivity contribution is 4.33. The molecule has 0 amide bonds. The smallest absolute Gasteiger partial charge is 0.154 e. The second-order valence-electron chi connectivity index (χ2n) is 2.18. The second kappa shape index (κ2) is 7.94. The van der Waals surface area contributed by atoms with Crippen LogP contribution < -0.4 is 5.90 Å². The van der Waals surface area contributed by atoms with Gasteiger partial charge in [-0.2, -0.15) is 0 Å². The summed E-state index contributed by atoms with van der Waals surface area (Å²) < 4.78 is 10.4. The van der Waals surface area contributed by atoms with E-state index in [1.807, 2.05) is 6.92 Å². The quantitative estimate of drug-likeness (QED) is 0.340. The first-order chi connectivity index (χ1) is 5.31. The average molecular weight is 163 g/mol. The van der Waals surface area contributed by atoms with E-state index in [-0.39, 0.29) is 6.29 Å². The minimum atomic E-state index is -0.162. The van der Waals surface area contributed by atoms with Gasteiger partial charge < -0.3 is 14.3 Å². The number of nitrogens with two attached hydrogens (primary N) is 1. The first-order valence-electron chi connectivity index (χ1n) is 3.86. The molecule has 68 valence electrons. The molecule has 0 aromatic rings. The zero-order valence-corrected chi connectivity index (χ0v) is 7.21. The Morgan fingerprint density at radius 2 is 1.82 bits per heavy atom. The van der Waals surface area contributed by atoms with Crippen LogP contribution in [0.1, 0.15) is 20.3 Å². The number of hydrogen-bond donors (Lipinski definition) is 1. The minimum absolute atomic E-state index is 0.162. The lowest BCUT2D eigenvalue weighted by atomic mass is 10.5. The minimum Gasteiger partial charge on any atom is -0.353 e. The topological polar surface area (TPSA) is 53.7 Å². The van der Waals surface area contributed by atoms with Gasteiger partial charge in [-0.1, -0.05) is 6.92 Å². The molecular weight excluding hydrogens is 146 g/mol. The lowest BCUT2D eigenvalue weighted by Gasteiger charge is -2.12. The molecule has 0 aliphatic heterocycles. The Balaban J connectivity index is 3.02. The van der Waals surface area contributed by atoms with Gasteiger partial charge in [0.25, 0.3) is 0 Å². The van der Waals surface area contributed by atoms with Crippen molar-refractivity contribution in [1.82, 2.24) is 0 Å². The Kier molecular flexibility index (Phi) is 7.83. The summed E-state index contributed by atoms with van der Waals surface area (Å²) in [7, 11) is 0. The Bertz CT molecular complexity index is 80.1. The largest absolute Gasteiger partial charge is 0.353 e. The summed E-state index contributed by atoms with van der Waals surface area (Å²) in [4.78, 5) is 4.32. The maximum absolute atomic E-state index is 5.22. The Morgan fingerprint density at radius 3 is 2.36 bits per heavy atom. The molecule has 1 atom stereocenters. The SMILES string of the molecule is CCCOC(C)OCCON. The van der Waals surface area contributed by atoms with Crippen LogP contribution >= 0.6 is 0 Å². The van der Waals surface area contributed by atoms with Crippen LogP contribution in [0.4, 0.5) is 0 Å². The predicted octanol–water partition coefficient (Wildman–Crippen LogP) is 0.666. The van der Waals surface area contributed by atoms with E-state index in [4.69, 9.17) is 15.4 Å². The van der Waals surface area contributed by atoms with Crippen LogP contribution in [0.25, 0.3) is 0 Å². The second-order valence-corrected chi connectivity index (χ2v) is 2.18. The molecule has 0 aromatic carbocycles. The van der Waals surface area contributed by atoms with Crippen molar-refractivity contribution in [3.63, 3.8) is 0 Å². The molecule has 0 aromatic heterocycles. The van der Waals surface area contributed by atoms with Gasteiger partial charge in [0.2, 0.25) is 0 Å². The molecule has 0 saturated heterocycles. The molecule has 4 heteroatoms. The molecule has 0 spiro atoms. The van der Waals surface area contributed by atoms with Crippen molar-refractivity contribution in [1.29, 1.82) is 0 Å². The summed E-state index contributed by atoms with van der Waals surface area (Å²) in [5, 5.41) is 0. The van der Waals surface area contributed by atoms with Crippen molar-refractivity contribution in [2.45, 2.75) is 26.6 Å². The van der Waals surface area contributed by atoms with Gasteiger partial charge in [-0.25, -0.2) is 5.90 Å². The number of ether oxygens (including phenoxy) is 2. The summed E-state index contributed by atoms with van der Waals surface area (Å²) in [5.41, 5.74) is 0. The molecule has 11 heavy (non-hydrogen) atoms. The van der Waals surface area contributed by atoms with E-state index in [1.54, 1.807) is 0 Å². The fourth-order valence-electron chi connectivity index (χ4n) is 0.594. The zero-order chi connectivity index (χ0) is 8.53. The highest BCUT2D eigenvalue weighted by atomic mass is 16.7. The predicted molar refractivity (Wildman–Crippen MR) is 41.8 cm³/mol. The van der Waals surface area contributed by atoms with Gasteiger partial charge in [0, 0.05) is 6.61 Å².